The first-order valence-corrected chi connectivity index (χ1v) is 7.21. The molecule has 1 aliphatic heterocycles. The van der Waals surface area contributed by atoms with Crippen LogP contribution in [0, 0.1) is 0 Å². The Morgan fingerprint density at radius 2 is 2.09 bits per heavy atom. The molecule has 3 N–H and O–H groups in total. The van der Waals surface area contributed by atoms with Crippen LogP contribution in [0.15, 0.2) is 30.9 Å². The molecule has 1 heterocycles. The van der Waals surface area contributed by atoms with Gasteiger partial charge in [0.2, 0.25) is 5.91 Å². The van der Waals surface area contributed by atoms with Gasteiger partial charge in [0.15, 0.2) is 0 Å². The van der Waals surface area contributed by atoms with Crippen molar-refractivity contribution in [3.63, 3.8) is 0 Å². The van der Waals surface area contributed by atoms with Gasteiger partial charge in [0.1, 0.15) is 5.75 Å². The number of piperidine rings is 1. The third kappa shape index (κ3) is 3.58. The number of nitrogen functional groups attached to an aromatic ring is 1. The lowest BCUT2D eigenvalue weighted by atomic mass is 10.0. The minimum Gasteiger partial charge on any atom is -0.495 e. The van der Waals surface area contributed by atoms with E-state index in [4.69, 9.17) is 10.5 Å². The second-order valence-corrected chi connectivity index (χ2v) is 5.24. The standard InChI is InChI=1S/C16H21N3O3/c1-3-15(20)18-12-6-8-19(9-7-12)16(21)11-4-5-13(17)14(10-11)22-2/h3-5,10,12H,1,6-9,17H2,2H3,(H,18,20). The van der Waals surface area contributed by atoms with E-state index in [0.29, 0.717) is 30.1 Å². The summed E-state index contributed by atoms with van der Waals surface area (Å²) >= 11 is 0. The molecule has 0 aromatic heterocycles. The lowest BCUT2D eigenvalue weighted by Crippen LogP contribution is -2.46. The molecule has 0 saturated carbocycles. The van der Waals surface area contributed by atoms with Crippen molar-refractivity contribution in [3.8, 4) is 5.75 Å². The second-order valence-electron chi connectivity index (χ2n) is 5.24. The number of hydrogen-bond acceptors (Lipinski definition) is 4. The molecule has 118 valence electrons. The second kappa shape index (κ2) is 6.98. The summed E-state index contributed by atoms with van der Waals surface area (Å²) in [5, 5.41) is 2.86. The Balaban J connectivity index is 1.97. The number of nitrogens with two attached hydrogens (primary N) is 1. The molecule has 2 amide bonds. The van der Waals surface area contributed by atoms with Crippen molar-refractivity contribution in [2.45, 2.75) is 18.9 Å². The van der Waals surface area contributed by atoms with Crippen molar-refractivity contribution in [1.82, 2.24) is 10.2 Å². The third-order valence-electron chi connectivity index (χ3n) is 3.79. The van der Waals surface area contributed by atoms with Crippen LogP contribution < -0.4 is 15.8 Å². The highest BCUT2D eigenvalue weighted by atomic mass is 16.5. The lowest BCUT2D eigenvalue weighted by molar-refractivity contribution is -0.117. The molecule has 0 atom stereocenters. The van der Waals surface area contributed by atoms with Crippen LogP contribution in [0.4, 0.5) is 5.69 Å². The maximum absolute atomic E-state index is 12.5. The number of carbonyl (C=O) groups excluding carboxylic acids is 2. The van der Waals surface area contributed by atoms with Gasteiger partial charge in [-0.3, -0.25) is 9.59 Å². The van der Waals surface area contributed by atoms with E-state index in [9.17, 15) is 9.59 Å². The number of hydrogen-bond donors (Lipinski definition) is 2. The quantitative estimate of drug-likeness (QED) is 0.646. The van der Waals surface area contributed by atoms with Gasteiger partial charge in [0.25, 0.3) is 5.91 Å². The summed E-state index contributed by atoms with van der Waals surface area (Å²) in [5.74, 6) is 0.277. The molecule has 22 heavy (non-hydrogen) atoms. The maximum atomic E-state index is 12.5. The van der Waals surface area contributed by atoms with Gasteiger partial charge in [-0.2, -0.15) is 0 Å². The number of likely N-dealkylation sites (tertiary alicyclic amines) is 1. The van der Waals surface area contributed by atoms with Crippen molar-refractivity contribution >= 4 is 17.5 Å². The highest BCUT2D eigenvalue weighted by molar-refractivity contribution is 5.95. The van der Waals surface area contributed by atoms with Gasteiger partial charge < -0.3 is 20.7 Å². The monoisotopic (exact) mass is 303 g/mol. The number of ether oxygens (including phenoxy) is 1. The fraction of sp³-hybridized carbons (Fsp3) is 0.375. The molecular formula is C16H21N3O3. The van der Waals surface area contributed by atoms with Crippen molar-refractivity contribution in [2.75, 3.05) is 25.9 Å². The molecule has 0 unspecified atom stereocenters. The molecule has 0 spiro atoms. The SMILES string of the molecule is C=CC(=O)NC1CCN(C(=O)c2ccc(N)c(OC)c2)CC1. The Bertz CT molecular complexity index is 578. The number of amides is 2. The van der Waals surface area contributed by atoms with Crippen LogP contribution in [-0.2, 0) is 4.79 Å². The number of nitrogens with zero attached hydrogens (tertiary/aromatic N) is 1. The topological polar surface area (TPSA) is 84.7 Å². The summed E-state index contributed by atoms with van der Waals surface area (Å²) in [6, 6.07) is 5.12. The number of methoxy groups -OCH3 is 1. The van der Waals surface area contributed by atoms with E-state index in [1.165, 1.54) is 13.2 Å². The molecule has 1 aromatic carbocycles. The molecule has 1 aliphatic rings. The normalized spacial score (nSPS) is 15.2. The molecule has 2 rings (SSSR count). The van der Waals surface area contributed by atoms with Gasteiger partial charge in [-0.05, 0) is 37.1 Å². The summed E-state index contributed by atoms with van der Waals surface area (Å²) in [5.41, 5.74) is 6.82. The van der Waals surface area contributed by atoms with E-state index in [0.717, 1.165) is 12.8 Å². The largest absolute Gasteiger partial charge is 0.495 e. The highest BCUT2D eigenvalue weighted by Gasteiger charge is 2.24. The van der Waals surface area contributed by atoms with E-state index in [1.54, 1.807) is 23.1 Å². The minimum atomic E-state index is -0.173. The van der Waals surface area contributed by atoms with Crippen LogP contribution >= 0.6 is 0 Å². The zero-order valence-electron chi connectivity index (χ0n) is 12.7. The number of benzene rings is 1. The number of rotatable bonds is 4. The van der Waals surface area contributed by atoms with E-state index in [2.05, 4.69) is 11.9 Å². The molecule has 0 aliphatic carbocycles. The average molecular weight is 303 g/mol. The first-order valence-electron chi connectivity index (χ1n) is 7.21. The zero-order chi connectivity index (χ0) is 16.1. The van der Waals surface area contributed by atoms with Crippen molar-refractivity contribution in [3.05, 3.63) is 36.4 Å². The summed E-state index contributed by atoms with van der Waals surface area (Å²) in [4.78, 5) is 25.6. The van der Waals surface area contributed by atoms with E-state index >= 15 is 0 Å². The molecular weight excluding hydrogens is 282 g/mol. The van der Waals surface area contributed by atoms with E-state index in [1.807, 2.05) is 0 Å². The fourth-order valence-electron chi connectivity index (χ4n) is 2.51. The van der Waals surface area contributed by atoms with Crippen LogP contribution in [0.1, 0.15) is 23.2 Å². The number of anilines is 1. The minimum absolute atomic E-state index is 0.0493. The van der Waals surface area contributed by atoms with Gasteiger partial charge >= 0.3 is 0 Å². The Hall–Kier alpha value is -2.50. The molecule has 1 aromatic rings. The van der Waals surface area contributed by atoms with Gasteiger partial charge in [-0.15, -0.1) is 0 Å². The maximum Gasteiger partial charge on any atom is 0.253 e. The summed E-state index contributed by atoms with van der Waals surface area (Å²) in [7, 11) is 1.52. The van der Waals surface area contributed by atoms with Crippen molar-refractivity contribution in [1.29, 1.82) is 0 Å². The predicted octanol–water partition coefficient (Wildman–Crippen LogP) is 1.18. The first-order chi connectivity index (χ1) is 10.5. The molecule has 6 nitrogen and oxygen atoms in total. The smallest absolute Gasteiger partial charge is 0.253 e. The molecule has 6 heteroatoms. The summed E-state index contributed by atoms with van der Waals surface area (Å²) in [6.07, 6.45) is 2.73. The van der Waals surface area contributed by atoms with Crippen LogP contribution in [-0.4, -0.2) is 43.0 Å². The van der Waals surface area contributed by atoms with Crippen LogP contribution in [0.5, 0.6) is 5.75 Å². The Morgan fingerprint density at radius 1 is 1.41 bits per heavy atom. The number of nitrogens with one attached hydrogen (secondary N) is 1. The van der Waals surface area contributed by atoms with Gasteiger partial charge in [0.05, 0.1) is 12.8 Å². The van der Waals surface area contributed by atoms with Crippen molar-refractivity contribution in [2.24, 2.45) is 0 Å². The molecule has 0 bridgehead atoms. The Kier molecular flexibility index (Phi) is 5.04. The van der Waals surface area contributed by atoms with Crippen LogP contribution in [0.25, 0.3) is 0 Å². The van der Waals surface area contributed by atoms with Gasteiger partial charge in [0, 0.05) is 24.7 Å². The summed E-state index contributed by atoms with van der Waals surface area (Å²) in [6.45, 7) is 4.64. The summed E-state index contributed by atoms with van der Waals surface area (Å²) < 4.78 is 5.14. The van der Waals surface area contributed by atoms with E-state index < -0.39 is 0 Å². The predicted molar refractivity (Wildman–Crippen MR) is 84.7 cm³/mol. The van der Waals surface area contributed by atoms with Gasteiger partial charge in [-0.1, -0.05) is 6.58 Å². The Morgan fingerprint density at radius 3 is 2.68 bits per heavy atom. The van der Waals surface area contributed by atoms with Crippen LogP contribution in [0.2, 0.25) is 0 Å². The number of carbonyl (C=O) groups is 2. The highest BCUT2D eigenvalue weighted by Crippen LogP contribution is 2.23. The average Bonchev–Trinajstić information content (AvgIpc) is 2.55. The third-order valence-corrected chi connectivity index (χ3v) is 3.79. The Labute approximate surface area is 129 Å². The fourth-order valence-corrected chi connectivity index (χ4v) is 2.51. The molecule has 0 radical (unpaired) electrons. The molecule has 1 fully saturated rings. The molecule has 1 saturated heterocycles. The van der Waals surface area contributed by atoms with Gasteiger partial charge in [-0.25, -0.2) is 0 Å². The van der Waals surface area contributed by atoms with E-state index in [-0.39, 0.29) is 17.9 Å². The van der Waals surface area contributed by atoms with Crippen molar-refractivity contribution < 1.29 is 14.3 Å². The first kappa shape index (κ1) is 15.9. The zero-order valence-corrected chi connectivity index (χ0v) is 12.7. The van der Waals surface area contributed by atoms with Crippen LogP contribution in [0.3, 0.4) is 0 Å². The lowest BCUT2D eigenvalue weighted by Gasteiger charge is -2.32.